The highest BCUT2D eigenvalue weighted by atomic mass is 35.5. The fourth-order valence-electron chi connectivity index (χ4n) is 1.90. The van der Waals surface area contributed by atoms with Crippen LogP contribution in [0.1, 0.15) is 11.1 Å². The van der Waals surface area contributed by atoms with Crippen molar-refractivity contribution in [1.29, 1.82) is 5.26 Å². The number of ether oxygens (including phenoxy) is 2. The van der Waals surface area contributed by atoms with E-state index in [1.165, 1.54) is 0 Å². The van der Waals surface area contributed by atoms with Gasteiger partial charge in [0.2, 0.25) is 0 Å². The predicted octanol–water partition coefficient (Wildman–Crippen LogP) is 3.84. The van der Waals surface area contributed by atoms with Crippen LogP contribution < -0.4 is 14.8 Å². The number of nitrogens with one attached hydrogen (secondary N) is 1. The number of nitriles is 1. The standard InChI is InChI=1S/C16H15ClN2O2/c1-20-13-5-6-15(16(8-13)21-2)19-10-12-4-3-11(9-18)7-14(12)17/h3-8,19H,10H2,1-2H3. The van der Waals surface area contributed by atoms with Crippen molar-refractivity contribution in [2.75, 3.05) is 19.5 Å². The van der Waals surface area contributed by atoms with Crippen LogP contribution in [0.15, 0.2) is 36.4 Å². The highest BCUT2D eigenvalue weighted by Gasteiger charge is 2.06. The van der Waals surface area contributed by atoms with Crippen molar-refractivity contribution in [3.63, 3.8) is 0 Å². The van der Waals surface area contributed by atoms with Gasteiger partial charge < -0.3 is 14.8 Å². The van der Waals surface area contributed by atoms with E-state index in [0.717, 1.165) is 17.0 Å². The van der Waals surface area contributed by atoms with Crippen molar-refractivity contribution in [2.24, 2.45) is 0 Å². The molecule has 0 aromatic heterocycles. The fourth-order valence-corrected chi connectivity index (χ4v) is 2.14. The van der Waals surface area contributed by atoms with Crippen LogP contribution in [0.5, 0.6) is 11.5 Å². The van der Waals surface area contributed by atoms with Gasteiger partial charge >= 0.3 is 0 Å². The van der Waals surface area contributed by atoms with Crippen molar-refractivity contribution in [2.45, 2.75) is 6.54 Å². The summed E-state index contributed by atoms with van der Waals surface area (Å²) in [7, 11) is 3.22. The number of methoxy groups -OCH3 is 2. The molecule has 0 aliphatic rings. The summed E-state index contributed by atoms with van der Waals surface area (Å²) in [6.07, 6.45) is 0. The lowest BCUT2D eigenvalue weighted by Crippen LogP contribution is -2.02. The molecule has 0 aliphatic heterocycles. The molecule has 21 heavy (non-hydrogen) atoms. The first-order valence-electron chi connectivity index (χ1n) is 6.32. The van der Waals surface area contributed by atoms with Crippen LogP contribution in [0, 0.1) is 11.3 Å². The van der Waals surface area contributed by atoms with Crippen molar-refractivity contribution < 1.29 is 9.47 Å². The first-order valence-corrected chi connectivity index (χ1v) is 6.70. The second-order valence-electron chi connectivity index (χ2n) is 4.34. The monoisotopic (exact) mass is 302 g/mol. The molecule has 0 fully saturated rings. The van der Waals surface area contributed by atoms with Gasteiger partial charge in [0.25, 0.3) is 0 Å². The Hall–Kier alpha value is -2.38. The van der Waals surface area contributed by atoms with Crippen LogP contribution in [0.2, 0.25) is 5.02 Å². The highest BCUT2D eigenvalue weighted by Crippen LogP contribution is 2.30. The lowest BCUT2D eigenvalue weighted by Gasteiger charge is -2.13. The van der Waals surface area contributed by atoms with Crippen molar-refractivity contribution in [3.8, 4) is 17.6 Å². The van der Waals surface area contributed by atoms with E-state index in [4.69, 9.17) is 26.3 Å². The van der Waals surface area contributed by atoms with Crippen LogP contribution in [0.4, 0.5) is 5.69 Å². The molecule has 0 spiro atoms. The van der Waals surface area contributed by atoms with Crippen molar-refractivity contribution in [3.05, 3.63) is 52.5 Å². The summed E-state index contributed by atoms with van der Waals surface area (Å²) >= 11 is 6.15. The Balaban J connectivity index is 2.15. The fraction of sp³-hybridized carbons (Fsp3) is 0.188. The van der Waals surface area contributed by atoms with Crippen LogP contribution in [-0.2, 0) is 6.54 Å². The van der Waals surface area contributed by atoms with Gasteiger partial charge in [-0.25, -0.2) is 0 Å². The SMILES string of the molecule is COc1ccc(NCc2ccc(C#N)cc2Cl)c(OC)c1. The van der Waals surface area contributed by atoms with Gasteiger partial charge in [0, 0.05) is 17.6 Å². The van der Waals surface area contributed by atoms with Crippen molar-refractivity contribution in [1.82, 2.24) is 0 Å². The molecule has 0 unspecified atom stereocenters. The Bertz CT molecular complexity index is 680. The summed E-state index contributed by atoms with van der Waals surface area (Å²) in [5.74, 6) is 1.42. The summed E-state index contributed by atoms with van der Waals surface area (Å²) in [4.78, 5) is 0. The van der Waals surface area contributed by atoms with E-state index in [9.17, 15) is 0 Å². The maximum absolute atomic E-state index is 8.83. The van der Waals surface area contributed by atoms with Crippen LogP contribution in [0.3, 0.4) is 0 Å². The number of halogens is 1. The molecule has 0 atom stereocenters. The first-order chi connectivity index (χ1) is 10.2. The molecule has 0 amide bonds. The van der Waals surface area contributed by atoms with E-state index >= 15 is 0 Å². The molecule has 0 bridgehead atoms. The first kappa shape index (κ1) is 15.0. The molecule has 1 N–H and O–H groups in total. The minimum Gasteiger partial charge on any atom is -0.497 e. The van der Waals surface area contributed by atoms with Gasteiger partial charge in [-0.05, 0) is 29.8 Å². The number of hydrogen-bond donors (Lipinski definition) is 1. The summed E-state index contributed by atoms with van der Waals surface area (Å²) < 4.78 is 10.5. The smallest absolute Gasteiger partial charge is 0.145 e. The van der Waals surface area contributed by atoms with Gasteiger partial charge in [-0.2, -0.15) is 5.26 Å². The number of rotatable bonds is 5. The highest BCUT2D eigenvalue weighted by molar-refractivity contribution is 6.31. The third-order valence-electron chi connectivity index (χ3n) is 3.06. The van der Waals surface area contributed by atoms with E-state index in [1.807, 2.05) is 24.3 Å². The van der Waals surface area contributed by atoms with Crippen LogP contribution in [0.25, 0.3) is 0 Å². The normalized spacial score (nSPS) is 9.81. The molecule has 0 heterocycles. The van der Waals surface area contributed by atoms with Gasteiger partial charge in [0.15, 0.2) is 0 Å². The second-order valence-corrected chi connectivity index (χ2v) is 4.74. The van der Waals surface area contributed by atoms with E-state index < -0.39 is 0 Å². The maximum atomic E-state index is 8.83. The quantitative estimate of drug-likeness (QED) is 0.911. The Morgan fingerprint density at radius 2 is 1.95 bits per heavy atom. The topological polar surface area (TPSA) is 54.3 Å². The summed E-state index contributed by atoms with van der Waals surface area (Å²) in [5.41, 5.74) is 2.30. The molecule has 2 aromatic carbocycles. The van der Waals surface area contributed by atoms with Gasteiger partial charge in [-0.15, -0.1) is 0 Å². The molecule has 0 aliphatic carbocycles. The Kier molecular flexibility index (Phi) is 4.91. The number of anilines is 1. The maximum Gasteiger partial charge on any atom is 0.145 e. The number of nitrogens with zero attached hydrogens (tertiary/aromatic N) is 1. The number of hydrogen-bond acceptors (Lipinski definition) is 4. The van der Waals surface area contributed by atoms with E-state index in [-0.39, 0.29) is 0 Å². The average Bonchev–Trinajstić information content (AvgIpc) is 2.53. The molecule has 0 saturated heterocycles. The minimum absolute atomic E-state index is 0.535. The van der Waals surface area contributed by atoms with E-state index in [0.29, 0.717) is 22.9 Å². The Morgan fingerprint density at radius 1 is 1.14 bits per heavy atom. The minimum atomic E-state index is 0.535. The molecule has 0 saturated carbocycles. The van der Waals surface area contributed by atoms with E-state index in [2.05, 4.69) is 11.4 Å². The Labute approximate surface area is 128 Å². The summed E-state index contributed by atoms with van der Waals surface area (Å²) in [6, 6.07) is 12.8. The molecule has 4 nitrogen and oxygen atoms in total. The van der Waals surface area contributed by atoms with Crippen molar-refractivity contribution >= 4 is 17.3 Å². The predicted molar refractivity (Wildman–Crippen MR) is 83.0 cm³/mol. The lowest BCUT2D eigenvalue weighted by molar-refractivity contribution is 0.395. The van der Waals surface area contributed by atoms with E-state index in [1.54, 1.807) is 26.4 Å². The Morgan fingerprint density at radius 3 is 2.57 bits per heavy atom. The zero-order valence-corrected chi connectivity index (χ0v) is 12.6. The summed E-state index contributed by atoms with van der Waals surface area (Å²) in [6.45, 7) is 0.535. The van der Waals surface area contributed by atoms with Gasteiger partial charge in [-0.1, -0.05) is 17.7 Å². The lowest BCUT2D eigenvalue weighted by atomic mass is 10.1. The largest absolute Gasteiger partial charge is 0.497 e. The van der Waals surface area contributed by atoms with Gasteiger partial charge in [0.1, 0.15) is 11.5 Å². The zero-order chi connectivity index (χ0) is 15.2. The molecular formula is C16H15ClN2O2. The molecule has 108 valence electrons. The van der Waals surface area contributed by atoms with Gasteiger partial charge in [-0.3, -0.25) is 0 Å². The number of benzene rings is 2. The van der Waals surface area contributed by atoms with Gasteiger partial charge in [0.05, 0.1) is 31.5 Å². The molecular weight excluding hydrogens is 288 g/mol. The molecule has 2 aromatic rings. The second kappa shape index (κ2) is 6.87. The zero-order valence-electron chi connectivity index (χ0n) is 11.8. The molecule has 2 rings (SSSR count). The third kappa shape index (κ3) is 3.59. The summed E-state index contributed by atoms with van der Waals surface area (Å²) in [5, 5.41) is 12.7. The molecule has 0 radical (unpaired) electrons. The molecule has 5 heteroatoms. The van der Waals surface area contributed by atoms with Crippen LogP contribution >= 0.6 is 11.6 Å². The van der Waals surface area contributed by atoms with Crippen LogP contribution in [-0.4, -0.2) is 14.2 Å². The average molecular weight is 303 g/mol. The third-order valence-corrected chi connectivity index (χ3v) is 3.41.